The van der Waals surface area contributed by atoms with Gasteiger partial charge in [0.1, 0.15) is 17.4 Å². The molecule has 2 heterocycles. The van der Waals surface area contributed by atoms with Crippen molar-refractivity contribution in [2.24, 2.45) is 0 Å². The van der Waals surface area contributed by atoms with Crippen molar-refractivity contribution in [2.75, 3.05) is 6.61 Å². The average molecular weight is 288 g/mol. The first-order valence-corrected chi connectivity index (χ1v) is 6.56. The summed E-state index contributed by atoms with van der Waals surface area (Å²) in [4.78, 5) is 27.6. The second-order valence-electron chi connectivity index (χ2n) is 4.33. The summed E-state index contributed by atoms with van der Waals surface area (Å²) in [5.74, 6) is -0.902. The van der Waals surface area contributed by atoms with Crippen LogP contribution in [0.15, 0.2) is 30.5 Å². The van der Waals surface area contributed by atoms with Crippen LogP contribution in [0.2, 0.25) is 0 Å². The lowest BCUT2D eigenvalue weighted by atomic mass is 10.2. The molecule has 0 aromatic carbocycles. The quantitative estimate of drug-likeness (QED) is 0.804. The van der Waals surface area contributed by atoms with E-state index in [0.29, 0.717) is 11.4 Å². The molecule has 0 aliphatic heterocycles. The lowest BCUT2D eigenvalue weighted by Gasteiger charge is -2.11. The molecule has 1 amide bonds. The Hall–Kier alpha value is -2.70. The standard InChI is InChI=1S/C14H16N4O3/c1-3-21-14(20)9(2)16-13(19)12-8-11(17-18-12)10-6-4-5-7-15-10/h4-9H,3H2,1-2H3,(H,16,19)(H,17,18). The molecule has 7 heteroatoms. The number of H-pyrrole nitrogens is 1. The third-order valence-electron chi connectivity index (χ3n) is 2.74. The highest BCUT2D eigenvalue weighted by molar-refractivity contribution is 5.95. The van der Waals surface area contributed by atoms with Crippen LogP contribution in [0.4, 0.5) is 0 Å². The molecule has 0 saturated carbocycles. The fraction of sp³-hybridized carbons (Fsp3) is 0.286. The first kappa shape index (κ1) is 14.7. The molecule has 0 spiro atoms. The Kier molecular flexibility index (Phi) is 4.65. The van der Waals surface area contributed by atoms with Crippen molar-refractivity contribution in [2.45, 2.75) is 19.9 Å². The minimum absolute atomic E-state index is 0.256. The van der Waals surface area contributed by atoms with Crippen molar-refractivity contribution in [3.05, 3.63) is 36.2 Å². The number of carbonyl (C=O) groups excluding carboxylic acids is 2. The van der Waals surface area contributed by atoms with Crippen LogP contribution in [-0.4, -0.2) is 39.7 Å². The van der Waals surface area contributed by atoms with Gasteiger partial charge in [0.25, 0.3) is 5.91 Å². The van der Waals surface area contributed by atoms with E-state index in [2.05, 4.69) is 20.5 Å². The molecule has 2 N–H and O–H groups in total. The second-order valence-corrected chi connectivity index (χ2v) is 4.33. The van der Waals surface area contributed by atoms with Gasteiger partial charge in [-0.15, -0.1) is 0 Å². The monoisotopic (exact) mass is 288 g/mol. The Balaban J connectivity index is 2.04. The highest BCUT2D eigenvalue weighted by Crippen LogP contribution is 2.14. The van der Waals surface area contributed by atoms with Crippen molar-refractivity contribution in [1.29, 1.82) is 0 Å². The molecular formula is C14H16N4O3. The number of aromatic amines is 1. The van der Waals surface area contributed by atoms with Gasteiger partial charge in [-0.05, 0) is 32.0 Å². The number of nitrogens with zero attached hydrogens (tertiary/aromatic N) is 2. The van der Waals surface area contributed by atoms with Crippen molar-refractivity contribution < 1.29 is 14.3 Å². The predicted molar refractivity (Wildman–Crippen MR) is 75.4 cm³/mol. The summed E-state index contributed by atoms with van der Waals surface area (Å²) >= 11 is 0. The maximum Gasteiger partial charge on any atom is 0.328 e. The van der Waals surface area contributed by atoms with Gasteiger partial charge in [-0.1, -0.05) is 6.07 Å². The number of hydrogen-bond acceptors (Lipinski definition) is 5. The number of rotatable bonds is 5. The zero-order chi connectivity index (χ0) is 15.2. The maximum atomic E-state index is 12.0. The summed E-state index contributed by atoms with van der Waals surface area (Å²) in [7, 11) is 0. The summed E-state index contributed by atoms with van der Waals surface area (Å²) in [5.41, 5.74) is 1.47. The topological polar surface area (TPSA) is 97.0 Å². The molecule has 1 unspecified atom stereocenters. The number of carbonyl (C=O) groups is 2. The van der Waals surface area contributed by atoms with E-state index in [4.69, 9.17) is 4.74 Å². The van der Waals surface area contributed by atoms with Crippen LogP contribution < -0.4 is 5.32 Å². The lowest BCUT2D eigenvalue weighted by Crippen LogP contribution is -2.39. The summed E-state index contributed by atoms with van der Waals surface area (Å²) in [6.45, 7) is 3.54. The first-order valence-electron chi connectivity index (χ1n) is 6.56. The Morgan fingerprint density at radius 3 is 2.86 bits per heavy atom. The molecule has 21 heavy (non-hydrogen) atoms. The van der Waals surface area contributed by atoms with Crippen LogP contribution >= 0.6 is 0 Å². The third kappa shape index (κ3) is 3.65. The van der Waals surface area contributed by atoms with Gasteiger partial charge >= 0.3 is 5.97 Å². The predicted octanol–water partition coefficient (Wildman–Crippen LogP) is 1.15. The van der Waals surface area contributed by atoms with Gasteiger partial charge in [0.05, 0.1) is 12.3 Å². The maximum absolute atomic E-state index is 12.0. The van der Waals surface area contributed by atoms with Crippen LogP contribution in [0.5, 0.6) is 0 Å². The minimum Gasteiger partial charge on any atom is -0.464 e. The number of hydrogen-bond donors (Lipinski definition) is 2. The molecule has 0 aliphatic carbocycles. The third-order valence-corrected chi connectivity index (χ3v) is 2.74. The summed E-state index contributed by atoms with van der Waals surface area (Å²) < 4.78 is 4.83. The van der Waals surface area contributed by atoms with Gasteiger partial charge in [0, 0.05) is 6.20 Å². The molecule has 2 aromatic heterocycles. The fourth-order valence-electron chi connectivity index (χ4n) is 1.68. The molecular weight excluding hydrogens is 272 g/mol. The van der Waals surface area contributed by atoms with E-state index < -0.39 is 17.9 Å². The van der Waals surface area contributed by atoms with E-state index in [1.165, 1.54) is 0 Å². The van der Waals surface area contributed by atoms with E-state index in [-0.39, 0.29) is 12.3 Å². The van der Waals surface area contributed by atoms with Crippen LogP contribution in [0, 0.1) is 0 Å². The van der Waals surface area contributed by atoms with Crippen molar-refractivity contribution in [3.8, 4) is 11.4 Å². The average Bonchev–Trinajstić information content (AvgIpc) is 2.98. The number of nitrogens with one attached hydrogen (secondary N) is 2. The zero-order valence-electron chi connectivity index (χ0n) is 11.8. The molecule has 0 radical (unpaired) electrons. The van der Waals surface area contributed by atoms with Crippen LogP contribution in [0.3, 0.4) is 0 Å². The molecule has 2 aromatic rings. The highest BCUT2D eigenvalue weighted by atomic mass is 16.5. The normalized spacial score (nSPS) is 11.7. The number of amides is 1. The van der Waals surface area contributed by atoms with Gasteiger partial charge < -0.3 is 10.1 Å². The first-order chi connectivity index (χ1) is 10.1. The van der Waals surface area contributed by atoms with E-state index in [1.54, 1.807) is 38.2 Å². The molecule has 110 valence electrons. The summed E-state index contributed by atoms with van der Waals surface area (Å²) in [5, 5.41) is 9.20. The molecule has 2 rings (SSSR count). The van der Waals surface area contributed by atoms with Crippen molar-refractivity contribution in [3.63, 3.8) is 0 Å². The van der Waals surface area contributed by atoms with E-state index in [0.717, 1.165) is 0 Å². The summed E-state index contributed by atoms with van der Waals surface area (Å²) in [6, 6.07) is 6.28. The summed E-state index contributed by atoms with van der Waals surface area (Å²) in [6.07, 6.45) is 1.65. The van der Waals surface area contributed by atoms with E-state index in [1.807, 2.05) is 6.07 Å². The molecule has 7 nitrogen and oxygen atoms in total. The number of aromatic nitrogens is 3. The van der Waals surface area contributed by atoms with E-state index >= 15 is 0 Å². The zero-order valence-corrected chi connectivity index (χ0v) is 11.8. The number of ether oxygens (including phenoxy) is 1. The molecule has 0 saturated heterocycles. The van der Waals surface area contributed by atoms with E-state index in [9.17, 15) is 9.59 Å². The smallest absolute Gasteiger partial charge is 0.328 e. The second kappa shape index (κ2) is 6.65. The van der Waals surface area contributed by atoms with Crippen molar-refractivity contribution >= 4 is 11.9 Å². The molecule has 0 aliphatic rings. The van der Waals surface area contributed by atoms with Gasteiger partial charge in [0.15, 0.2) is 0 Å². The number of esters is 1. The fourth-order valence-corrected chi connectivity index (χ4v) is 1.68. The Morgan fingerprint density at radius 1 is 1.38 bits per heavy atom. The van der Waals surface area contributed by atoms with Crippen LogP contribution in [0.1, 0.15) is 24.3 Å². The SMILES string of the molecule is CCOC(=O)C(C)NC(=O)c1cc(-c2ccccn2)n[nH]1. The van der Waals surface area contributed by atoms with Gasteiger partial charge in [0.2, 0.25) is 0 Å². The van der Waals surface area contributed by atoms with Crippen LogP contribution in [0.25, 0.3) is 11.4 Å². The molecule has 1 atom stereocenters. The lowest BCUT2D eigenvalue weighted by molar-refractivity contribution is -0.144. The van der Waals surface area contributed by atoms with Crippen LogP contribution in [-0.2, 0) is 9.53 Å². The Labute approximate surface area is 121 Å². The number of pyridine rings is 1. The Bertz CT molecular complexity index is 624. The molecule has 0 bridgehead atoms. The highest BCUT2D eigenvalue weighted by Gasteiger charge is 2.19. The Morgan fingerprint density at radius 2 is 2.19 bits per heavy atom. The molecule has 0 fully saturated rings. The largest absolute Gasteiger partial charge is 0.464 e. The minimum atomic E-state index is -0.723. The van der Waals surface area contributed by atoms with Gasteiger partial charge in [-0.25, -0.2) is 4.79 Å². The van der Waals surface area contributed by atoms with Gasteiger partial charge in [-0.2, -0.15) is 5.10 Å². The van der Waals surface area contributed by atoms with Gasteiger partial charge in [-0.3, -0.25) is 14.9 Å². The van der Waals surface area contributed by atoms with Crippen molar-refractivity contribution in [1.82, 2.24) is 20.5 Å².